The summed E-state index contributed by atoms with van der Waals surface area (Å²) in [4.78, 5) is 17.3. The molecule has 4 nitrogen and oxygen atoms in total. The van der Waals surface area contributed by atoms with E-state index in [4.69, 9.17) is 5.11 Å². The fourth-order valence-corrected chi connectivity index (χ4v) is 2.83. The van der Waals surface area contributed by atoms with Gasteiger partial charge >= 0.3 is 5.97 Å². The van der Waals surface area contributed by atoms with Crippen LogP contribution in [0.1, 0.15) is 32.3 Å². The molecule has 1 N–H and O–H groups in total. The van der Waals surface area contributed by atoms with E-state index >= 15 is 0 Å². The Balaban J connectivity index is 2.02. The molecule has 1 saturated heterocycles. The Kier molecular flexibility index (Phi) is 3.66. The largest absolute Gasteiger partial charge is 0.481 e. The van der Waals surface area contributed by atoms with E-state index < -0.39 is 5.97 Å². The lowest BCUT2D eigenvalue weighted by molar-refractivity contribution is -0.138. The second-order valence-corrected chi connectivity index (χ2v) is 5.72. The maximum Gasteiger partial charge on any atom is 0.303 e. The van der Waals surface area contributed by atoms with Crippen LogP contribution < -0.4 is 0 Å². The van der Waals surface area contributed by atoms with Crippen molar-refractivity contribution in [2.75, 3.05) is 6.54 Å². The van der Waals surface area contributed by atoms with Crippen LogP contribution >= 0.6 is 0 Å². The van der Waals surface area contributed by atoms with Crippen LogP contribution in [-0.2, 0) is 11.3 Å². The minimum atomic E-state index is -0.695. The van der Waals surface area contributed by atoms with Gasteiger partial charge in [0, 0.05) is 37.4 Å². The van der Waals surface area contributed by atoms with E-state index in [2.05, 4.69) is 29.8 Å². The maximum atomic E-state index is 10.8. The molecule has 0 saturated carbocycles. The van der Waals surface area contributed by atoms with E-state index in [1.807, 2.05) is 12.3 Å². The third-order valence-corrected chi connectivity index (χ3v) is 3.68. The Morgan fingerprint density at radius 3 is 3.00 bits per heavy atom. The van der Waals surface area contributed by atoms with Crippen molar-refractivity contribution < 1.29 is 9.90 Å². The number of hydrogen-bond acceptors (Lipinski definition) is 3. The van der Waals surface area contributed by atoms with Gasteiger partial charge in [-0.2, -0.15) is 0 Å². The molecule has 18 heavy (non-hydrogen) atoms. The van der Waals surface area contributed by atoms with Crippen molar-refractivity contribution >= 4 is 5.97 Å². The van der Waals surface area contributed by atoms with Gasteiger partial charge in [0.25, 0.3) is 0 Å². The molecule has 0 aliphatic carbocycles. The first-order valence-electron chi connectivity index (χ1n) is 6.33. The Hall–Kier alpha value is -1.42. The first-order chi connectivity index (χ1) is 8.47. The summed E-state index contributed by atoms with van der Waals surface area (Å²) in [5.41, 5.74) is 1.25. The summed E-state index contributed by atoms with van der Waals surface area (Å²) >= 11 is 0. The molecule has 1 fully saturated rings. The zero-order valence-corrected chi connectivity index (χ0v) is 11.0. The van der Waals surface area contributed by atoms with Gasteiger partial charge in [-0.05, 0) is 37.8 Å². The van der Waals surface area contributed by atoms with Gasteiger partial charge in [-0.1, -0.05) is 6.07 Å². The zero-order chi connectivity index (χ0) is 13.2. The maximum absolute atomic E-state index is 10.8. The van der Waals surface area contributed by atoms with Crippen molar-refractivity contribution in [3.05, 3.63) is 30.1 Å². The third-order valence-electron chi connectivity index (χ3n) is 3.68. The van der Waals surface area contributed by atoms with E-state index in [0.717, 1.165) is 19.5 Å². The number of carboxylic acids is 1. The quantitative estimate of drug-likeness (QED) is 0.887. The molecule has 0 spiro atoms. The first kappa shape index (κ1) is 13.0. The molecule has 1 atom stereocenters. The summed E-state index contributed by atoms with van der Waals surface area (Å²) in [5, 5.41) is 8.89. The second kappa shape index (κ2) is 5.06. The molecule has 1 aliphatic rings. The zero-order valence-electron chi connectivity index (χ0n) is 11.0. The number of nitrogens with zero attached hydrogens (tertiary/aromatic N) is 2. The summed E-state index contributed by atoms with van der Waals surface area (Å²) < 4.78 is 0. The summed E-state index contributed by atoms with van der Waals surface area (Å²) in [6.45, 7) is 6.07. The van der Waals surface area contributed by atoms with E-state index in [1.165, 1.54) is 5.56 Å². The molecule has 0 radical (unpaired) electrons. The molecule has 1 aromatic heterocycles. The van der Waals surface area contributed by atoms with E-state index in [1.54, 1.807) is 6.20 Å². The van der Waals surface area contributed by atoms with Crippen molar-refractivity contribution in [2.24, 2.45) is 5.92 Å². The standard InChI is InChI=1S/C14H20N2O2/c1-14(2)7-12(6-13(17)18)10-16(14)9-11-4-3-5-15-8-11/h3-5,8,12H,6-7,9-10H2,1-2H3,(H,17,18). The predicted molar refractivity (Wildman–Crippen MR) is 69.1 cm³/mol. The molecule has 2 heterocycles. The Morgan fingerprint density at radius 2 is 2.39 bits per heavy atom. The van der Waals surface area contributed by atoms with Crippen LogP contribution in [0.5, 0.6) is 0 Å². The lowest BCUT2D eigenvalue weighted by atomic mass is 9.94. The number of carboxylic acid groups (broad SMARTS) is 1. The van der Waals surface area contributed by atoms with Gasteiger partial charge in [0.15, 0.2) is 0 Å². The first-order valence-corrected chi connectivity index (χ1v) is 6.33. The van der Waals surface area contributed by atoms with Crippen LogP contribution in [-0.4, -0.2) is 33.0 Å². The summed E-state index contributed by atoms with van der Waals surface area (Å²) in [6.07, 6.45) is 4.86. The van der Waals surface area contributed by atoms with Gasteiger partial charge in [-0.15, -0.1) is 0 Å². The molecule has 1 unspecified atom stereocenters. The van der Waals surface area contributed by atoms with Gasteiger partial charge in [-0.3, -0.25) is 14.7 Å². The van der Waals surface area contributed by atoms with E-state index in [0.29, 0.717) is 0 Å². The van der Waals surface area contributed by atoms with Crippen LogP contribution in [0, 0.1) is 5.92 Å². The molecule has 2 rings (SSSR count). The Labute approximate surface area is 108 Å². The molecule has 0 bridgehead atoms. The molecular formula is C14H20N2O2. The van der Waals surface area contributed by atoms with Gasteiger partial charge in [0.1, 0.15) is 0 Å². The normalized spacial score (nSPS) is 23.1. The van der Waals surface area contributed by atoms with Crippen molar-refractivity contribution in [2.45, 2.75) is 38.8 Å². The van der Waals surface area contributed by atoms with E-state index in [9.17, 15) is 4.79 Å². The smallest absolute Gasteiger partial charge is 0.303 e. The van der Waals surface area contributed by atoms with Crippen LogP contribution in [0.3, 0.4) is 0 Å². The number of rotatable bonds is 4. The number of aromatic nitrogens is 1. The average Bonchev–Trinajstić information content (AvgIpc) is 2.53. The Bertz CT molecular complexity index is 417. The molecule has 98 valence electrons. The molecule has 1 aliphatic heterocycles. The van der Waals surface area contributed by atoms with Crippen LogP contribution in [0.15, 0.2) is 24.5 Å². The van der Waals surface area contributed by atoms with E-state index in [-0.39, 0.29) is 17.9 Å². The second-order valence-electron chi connectivity index (χ2n) is 5.72. The van der Waals surface area contributed by atoms with Crippen molar-refractivity contribution in [1.29, 1.82) is 0 Å². The molecular weight excluding hydrogens is 228 g/mol. The number of pyridine rings is 1. The van der Waals surface area contributed by atoms with Crippen LogP contribution in [0.25, 0.3) is 0 Å². The fraction of sp³-hybridized carbons (Fsp3) is 0.571. The monoisotopic (exact) mass is 248 g/mol. The van der Waals surface area contributed by atoms with Gasteiger partial charge in [0.2, 0.25) is 0 Å². The van der Waals surface area contributed by atoms with Gasteiger partial charge in [0.05, 0.1) is 0 Å². The van der Waals surface area contributed by atoms with Gasteiger partial charge < -0.3 is 5.11 Å². The summed E-state index contributed by atoms with van der Waals surface area (Å²) in [5.74, 6) is -0.437. The van der Waals surface area contributed by atoms with Crippen molar-refractivity contribution in [3.63, 3.8) is 0 Å². The molecule has 0 aromatic carbocycles. The molecule has 0 amide bonds. The van der Waals surface area contributed by atoms with Crippen molar-refractivity contribution in [3.8, 4) is 0 Å². The van der Waals surface area contributed by atoms with Crippen LogP contribution in [0.2, 0.25) is 0 Å². The highest BCUT2D eigenvalue weighted by Crippen LogP contribution is 2.35. The Morgan fingerprint density at radius 1 is 1.61 bits per heavy atom. The highest BCUT2D eigenvalue weighted by atomic mass is 16.4. The highest BCUT2D eigenvalue weighted by molar-refractivity contribution is 5.67. The third kappa shape index (κ3) is 3.07. The predicted octanol–water partition coefficient (Wildman–Crippen LogP) is 2.16. The molecule has 1 aromatic rings. The van der Waals surface area contributed by atoms with Gasteiger partial charge in [-0.25, -0.2) is 0 Å². The van der Waals surface area contributed by atoms with Crippen LogP contribution in [0.4, 0.5) is 0 Å². The highest BCUT2D eigenvalue weighted by Gasteiger charge is 2.38. The average molecular weight is 248 g/mol. The number of carbonyl (C=O) groups is 1. The topological polar surface area (TPSA) is 53.4 Å². The summed E-state index contributed by atoms with van der Waals surface area (Å²) in [6, 6.07) is 4.00. The lowest BCUT2D eigenvalue weighted by Gasteiger charge is -2.31. The number of aliphatic carboxylic acids is 1. The summed E-state index contributed by atoms with van der Waals surface area (Å²) in [7, 11) is 0. The lowest BCUT2D eigenvalue weighted by Crippen LogP contribution is -2.37. The molecule has 4 heteroatoms. The SMILES string of the molecule is CC1(C)CC(CC(=O)O)CN1Cc1cccnc1. The number of likely N-dealkylation sites (tertiary alicyclic amines) is 1. The fourth-order valence-electron chi connectivity index (χ4n) is 2.83. The number of hydrogen-bond donors (Lipinski definition) is 1. The minimum absolute atomic E-state index is 0.0654. The minimum Gasteiger partial charge on any atom is -0.481 e. The van der Waals surface area contributed by atoms with Crippen molar-refractivity contribution in [1.82, 2.24) is 9.88 Å².